The highest BCUT2D eigenvalue weighted by atomic mass is 16.6. The second kappa shape index (κ2) is 6.43. The van der Waals surface area contributed by atoms with Crippen molar-refractivity contribution in [3.63, 3.8) is 0 Å². The van der Waals surface area contributed by atoms with Crippen LogP contribution in [-0.4, -0.2) is 40.3 Å². The summed E-state index contributed by atoms with van der Waals surface area (Å²) >= 11 is 0. The van der Waals surface area contributed by atoms with Gasteiger partial charge >= 0.3 is 0 Å². The normalized spacial score (nSPS) is 19.5. The Morgan fingerprint density at radius 2 is 2.08 bits per heavy atom. The molecule has 0 spiro atoms. The predicted octanol–water partition coefficient (Wildman–Crippen LogP) is 3.21. The number of para-hydroxylation sites is 1. The van der Waals surface area contributed by atoms with Crippen molar-refractivity contribution >= 4 is 5.91 Å². The summed E-state index contributed by atoms with van der Waals surface area (Å²) in [5.41, 5.74) is 1.68. The lowest BCUT2D eigenvalue weighted by Crippen LogP contribution is -2.33. The van der Waals surface area contributed by atoms with E-state index in [1.54, 1.807) is 16.9 Å². The van der Waals surface area contributed by atoms with Crippen LogP contribution in [0.15, 0.2) is 30.5 Å². The fourth-order valence-electron chi connectivity index (χ4n) is 3.73. The van der Waals surface area contributed by atoms with Crippen LogP contribution in [0.3, 0.4) is 0 Å². The van der Waals surface area contributed by atoms with E-state index in [-0.39, 0.29) is 18.0 Å². The van der Waals surface area contributed by atoms with Gasteiger partial charge in [0.15, 0.2) is 11.5 Å². The summed E-state index contributed by atoms with van der Waals surface area (Å²) in [5, 5.41) is 4.30. The number of hydrogen-bond donors (Lipinski definition) is 0. The molecule has 0 N–H and O–H groups in total. The van der Waals surface area contributed by atoms with Crippen molar-refractivity contribution < 1.29 is 14.3 Å². The van der Waals surface area contributed by atoms with Crippen LogP contribution >= 0.6 is 0 Å². The first-order valence-electron chi connectivity index (χ1n) is 8.90. The first-order chi connectivity index (χ1) is 12.2. The molecule has 4 rings (SSSR count). The third-order valence-corrected chi connectivity index (χ3v) is 4.85. The van der Waals surface area contributed by atoms with Crippen LogP contribution in [0.5, 0.6) is 11.5 Å². The third-order valence-electron chi connectivity index (χ3n) is 4.85. The summed E-state index contributed by atoms with van der Waals surface area (Å²) in [6, 6.07) is 7.91. The number of nitrogens with zero attached hydrogens (tertiary/aromatic N) is 3. The number of amides is 1. The molecule has 0 aliphatic carbocycles. The maximum Gasteiger partial charge on any atom is 0.272 e. The smallest absolute Gasteiger partial charge is 0.272 e. The SMILES string of the molecule is CC(C)n1nccc1C(=O)N1CCCC1c1cccc2c1OCCO2. The molecule has 1 aromatic heterocycles. The number of ether oxygens (including phenoxy) is 2. The van der Waals surface area contributed by atoms with Gasteiger partial charge in [-0.2, -0.15) is 5.10 Å². The number of aromatic nitrogens is 2. The minimum atomic E-state index is 0.0136. The Hall–Kier alpha value is -2.50. The van der Waals surface area contributed by atoms with E-state index in [4.69, 9.17) is 9.47 Å². The van der Waals surface area contributed by atoms with E-state index in [2.05, 4.69) is 5.10 Å². The number of carbonyl (C=O) groups is 1. The molecule has 1 amide bonds. The van der Waals surface area contributed by atoms with E-state index in [1.807, 2.05) is 36.9 Å². The van der Waals surface area contributed by atoms with Gasteiger partial charge in [-0.25, -0.2) is 0 Å². The van der Waals surface area contributed by atoms with Crippen molar-refractivity contribution in [3.05, 3.63) is 41.7 Å². The second-order valence-corrected chi connectivity index (χ2v) is 6.78. The third kappa shape index (κ3) is 2.75. The molecule has 0 radical (unpaired) electrons. The quantitative estimate of drug-likeness (QED) is 0.860. The first-order valence-corrected chi connectivity index (χ1v) is 8.90. The number of carbonyl (C=O) groups excluding carboxylic acids is 1. The Balaban J connectivity index is 1.67. The maximum atomic E-state index is 13.2. The molecule has 6 nitrogen and oxygen atoms in total. The highest BCUT2D eigenvalue weighted by Gasteiger charge is 2.35. The second-order valence-electron chi connectivity index (χ2n) is 6.78. The molecule has 1 atom stereocenters. The average molecular weight is 341 g/mol. The molecule has 132 valence electrons. The van der Waals surface area contributed by atoms with E-state index < -0.39 is 0 Å². The van der Waals surface area contributed by atoms with Crippen molar-refractivity contribution in [1.82, 2.24) is 14.7 Å². The van der Waals surface area contributed by atoms with Gasteiger partial charge < -0.3 is 14.4 Å². The zero-order chi connectivity index (χ0) is 17.4. The zero-order valence-corrected chi connectivity index (χ0v) is 14.6. The minimum Gasteiger partial charge on any atom is -0.486 e. The Bertz CT molecular complexity index is 784. The first kappa shape index (κ1) is 16.0. The van der Waals surface area contributed by atoms with E-state index in [1.165, 1.54) is 0 Å². The van der Waals surface area contributed by atoms with E-state index >= 15 is 0 Å². The molecule has 0 bridgehead atoms. The molecule has 0 saturated carbocycles. The summed E-state index contributed by atoms with van der Waals surface area (Å²) in [4.78, 5) is 15.1. The van der Waals surface area contributed by atoms with Gasteiger partial charge in [0, 0.05) is 24.3 Å². The minimum absolute atomic E-state index is 0.0136. The van der Waals surface area contributed by atoms with E-state index in [0.29, 0.717) is 18.9 Å². The molecule has 2 aliphatic rings. The van der Waals surface area contributed by atoms with Gasteiger partial charge in [0.1, 0.15) is 18.9 Å². The number of fused-ring (bicyclic) bond motifs is 1. The topological polar surface area (TPSA) is 56.6 Å². The van der Waals surface area contributed by atoms with Crippen molar-refractivity contribution in [2.75, 3.05) is 19.8 Å². The number of likely N-dealkylation sites (tertiary alicyclic amines) is 1. The molecular weight excluding hydrogens is 318 g/mol. The number of benzene rings is 1. The Morgan fingerprint density at radius 1 is 1.24 bits per heavy atom. The van der Waals surface area contributed by atoms with Crippen LogP contribution in [0.4, 0.5) is 0 Å². The van der Waals surface area contributed by atoms with Crippen LogP contribution in [-0.2, 0) is 0 Å². The van der Waals surface area contributed by atoms with Crippen molar-refractivity contribution in [3.8, 4) is 11.5 Å². The summed E-state index contributed by atoms with van der Waals surface area (Å²) in [5.74, 6) is 1.59. The van der Waals surface area contributed by atoms with Crippen molar-refractivity contribution in [2.24, 2.45) is 0 Å². The molecule has 1 aromatic carbocycles. The number of hydrogen-bond acceptors (Lipinski definition) is 4. The molecule has 1 unspecified atom stereocenters. The van der Waals surface area contributed by atoms with Crippen LogP contribution in [0, 0.1) is 0 Å². The van der Waals surface area contributed by atoms with Crippen LogP contribution in [0.2, 0.25) is 0 Å². The molecule has 2 aliphatic heterocycles. The molecule has 6 heteroatoms. The molecule has 1 fully saturated rings. The molecular formula is C19H23N3O3. The van der Waals surface area contributed by atoms with Gasteiger partial charge in [-0.3, -0.25) is 9.48 Å². The predicted molar refractivity (Wildman–Crippen MR) is 93.1 cm³/mol. The van der Waals surface area contributed by atoms with Gasteiger partial charge in [0.05, 0.1) is 6.04 Å². The highest BCUT2D eigenvalue weighted by molar-refractivity contribution is 5.93. The largest absolute Gasteiger partial charge is 0.486 e. The Kier molecular flexibility index (Phi) is 4.11. The molecule has 2 aromatic rings. The van der Waals surface area contributed by atoms with Crippen LogP contribution < -0.4 is 9.47 Å². The van der Waals surface area contributed by atoms with Gasteiger partial charge in [0.2, 0.25) is 0 Å². The summed E-state index contributed by atoms with van der Waals surface area (Å²) in [6.45, 7) is 5.92. The highest BCUT2D eigenvalue weighted by Crippen LogP contribution is 2.43. The van der Waals surface area contributed by atoms with Gasteiger partial charge in [-0.1, -0.05) is 12.1 Å². The summed E-state index contributed by atoms with van der Waals surface area (Å²) in [7, 11) is 0. The molecule has 3 heterocycles. The molecule has 25 heavy (non-hydrogen) atoms. The fraction of sp³-hybridized carbons (Fsp3) is 0.474. The van der Waals surface area contributed by atoms with Gasteiger partial charge in [-0.05, 0) is 38.8 Å². The lowest BCUT2D eigenvalue weighted by atomic mass is 10.0. The van der Waals surface area contributed by atoms with E-state index in [9.17, 15) is 4.79 Å². The van der Waals surface area contributed by atoms with Crippen LogP contribution in [0.1, 0.15) is 54.8 Å². The van der Waals surface area contributed by atoms with E-state index in [0.717, 1.165) is 36.4 Å². The summed E-state index contributed by atoms with van der Waals surface area (Å²) in [6.07, 6.45) is 3.61. The monoisotopic (exact) mass is 341 g/mol. The lowest BCUT2D eigenvalue weighted by molar-refractivity contribution is 0.0716. The zero-order valence-electron chi connectivity index (χ0n) is 14.6. The molecule has 1 saturated heterocycles. The van der Waals surface area contributed by atoms with Crippen molar-refractivity contribution in [1.29, 1.82) is 0 Å². The average Bonchev–Trinajstić information content (AvgIpc) is 3.30. The van der Waals surface area contributed by atoms with Crippen molar-refractivity contribution in [2.45, 2.75) is 38.8 Å². The van der Waals surface area contributed by atoms with Crippen LogP contribution in [0.25, 0.3) is 0 Å². The van der Waals surface area contributed by atoms with Gasteiger partial charge in [0.25, 0.3) is 5.91 Å². The Labute approximate surface area is 147 Å². The fourth-order valence-corrected chi connectivity index (χ4v) is 3.73. The number of rotatable bonds is 3. The summed E-state index contributed by atoms with van der Waals surface area (Å²) < 4.78 is 13.4. The maximum absolute atomic E-state index is 13.2. The lowest BCUT2D eigenvalue weighted by Gasteiger charge is -2.29. The Morgan fingerprint density at radius 3 is 2.92 bits per heavy atom. The van der Waals surface area contributed by atoms with Gasteiger partial charge in [-0.15, -0.1) is 0 Å². The standard InChI is InChI=1S/C19H23N3O3/c1-13(2)22-16(8-9-20-22)19(23)21-10-4-6-15(21)14-5-3-7-17-18(14)25-12-11-24-17/h3,5,7-9,13,15H,4,6,10-12H2,1-2H3.